The average molecular weight is 225 g/mol. The van der Waals surface area contributed by atoms with Gasteiger partial charge in [-0.2, -0.15) is 0 Å². The molecule has 5 nitrogen and oxygen atoms in total. The highest BCUT2D eigenvalue weighted by molar-refractivity contribution is 5.95. The number of nitrogens with zero attached hydrogens (tertiary/aromatic N) is 2. The van der Waals surface area contributed by atoms with E-state index in [0.717, 1.165) is 6.54 Å². The maximum atomic E-state index is 11.7. The van der Waals surface area contributed by atoms with Gasteiger partial charge in [0.05, 0.1) is 6.54 Å². The highest BCUT2D eigenvalue weighted by Crippen LogP contribution is 2.20. The molecule has 2 saturated heterocycles. The molecule has 2 aliphatic heterocycles. The van der Waals surface area contributed by atoms with Gasteiger partial charge in [0.1, 0.15) is 6.04 Å². The number of nitrogens with one attached hydrogen (secondary N) is 1. The van der Waals surface area contributed by atoms with Gasteiger partial charge in [0.15, 0.2) is 0 Å². The second-order valence-electron chi connectivity index (χ2n) is 5.44. The molecule has 0 aromatic rings. The predicted molar refractivity (Wildman–Crippen MR) is 59.8 cm³/mol. The molecule has 0 radical (unpaired) electrons. The van der Waals surface area contributed by atoms with E-state index in [2.05, 4.69) is 31.0 Å². The maximum Gasteiger partial charge on any atom is 0.244 e. The minimum Gasteiger partial charge on any atom is -0.345 e. The number of hydrogen-bond acceptors (Lipinski definition) is 3. The molecule has 90 valence electrons. The highest BCUT2D eigenvalue weighted by Gasteiger charge is 2.40. The van der Waals surface area contributed by atoms with E-state index in [1.54, 1.807) is 4.90 Å². The lowest BCUT2D eigenvalue weighted by atomic mass is 10.0. The molecule has 0 aromatic heterocycles. The van der Waals surface area contributed by atoms with E-state index in [1.165, 1.54) is 0 Å². The standard InChI is InChI=1S/C11H19N3O2/c1-11(2,3)13-4-5-14-8(7-13)10(16)12-6-9(14)15/h8H,4-7H2,1-3H3,(H,12,16). The second kappa shape index (κ2) is 3.73. The number of carbonyl (C=O) groups excluding carboxylic acids is 2. The van der Waals surface area contributed by atoms with Crippen LogP contribution in [0.4, 0.5) is 0 Å². The van der Waals surface area contributed by atoms with E-state index < -0.39 is 0 Å². The third-order valence-corrected chi connectivity index (χ3v) is 3.37. The summed E-state index contributed by atoms with van der Waals surface area (Å²) in [6, 6.07) is -0.297. The lowest BCUT2D eigenvalue weighted by molar-refractivity contribution is -0.150. The molecular formula is C11H19N3O2. The summed E-state index contributed by atoms with van der Waals surface area (Å²) in [7, 11) is 0. The molecule has 1 N–H and O–H groups in total. The first-order valence-electron chi connectivity index (χ1n) is 5.72. The van der Waals surface area contributed by atoms with Crippen LogP contribution >= 0.6 is 0 Å². The molecular weight excluding hydrogens is 206 g/mol. The molecule has 2 heterocycles. The number of rotatable bonds is 0. The Morgan fingerprint density at radius 1 is 1.25 bits per heavy atom. The first-order valence-corrected chi connectivity index (χ1v) is 5.72. The Bertz CT molecular complexity index is 322. The van der Waals surface area contributed by atoms with Gasteiger partial charge >= 0.3 is 0 Å². The fraction of sp³-hybridized carbons (Fsp3) is 0.818. The van der Waals surface area contributed by atoms with Gasteiger partial charge in [0, 0.05) is 25.2 Å². The number of hydrogen-bond donors (Lipinski definition) is 1. The Hall–Kier alpha value is -1.10. The largest absolute Gasteiger partial charge is 0.345 e. The number of carbonyl (C=O) groups is 2. The minimum atomic E-state index is -0.297. The van der Waals surface area contributed by atoms with Gasteiger partial charge in [0.2, 0.25) is 11.8 Å². The molecule has 0 spiro atoms. The lowest BCUT2D eigenvalue weighted by Gasteiger charge is -2.47. The van der Waals surface area contributed by atoms with Gasteiger partial charge in [-0.05, 0) is 20.8 Å². The van der Waals surface area contributed by atoms with Crippen LogP contribution in [0.2, 0.25) is 0 Å². The van der Waals surface area contributed by atoms with E-state index in [4.69, 9.17) is 0 Å². The van der Waals surface area contributed by atoms with Crippen molar-refractivity contribution in [2.75, 3.05) is 26.2 Å². The Kier molecular flexibility index (Phi) is 2.66. The van der Waals surface area contributed by atoms with Gasteiger partial charge < -0.3 is 10.2 Å². The molecule has 2 aliphatic rings. The highest BCUT2D eigenvalue weighted by atomic mass is 16.2. The van der Waals surface area contributed by atoms with E-state index in [0.29, 0.717) is 13.1 Å². The fourth-order valence-electron chi connectivity index (χ4n) is 2.30. The van der Waals surface area contributed by atoms with Crippen molar-refractivity contribution < 1.29 is 9.59 Å². The zero-order valence-corrected chi connectivity index (χ0v) is 10.1. The van der Waals surface area contributed by atoms with Crippen molar-refractivity contribution in [2.45, 2.75) is 32.4 Å². The molecule has 1 atom stereocenters. The zero-order valence-electron chi connectivity index (χ0n) is 10.1. The van der Waals surface area contributed by atoms with Gasteiger partial charge in [-0.25, -0.2) is 0 Å². The summed E-state index contributed by atoms with van der Waals surface area (Å²) in [4.78, 5) is 27.3. The fourth-order valence-corrected chi connectivity index (χ4v) is 2.30. The van der Waals surface area contributed by atoms with Crippen molar-refractivity contribution in [3.8, 4) is 0 Å². The monoisotopic (exact) mass is 225 g/mol. The maximum absolute atomic E-state index is 11.7. The summed E-state index contributed by atoms with van der Waals surface area (Å²) < 4.78 is 0. The molecule has 2 rings (SSSR count). The summed E-state index contributed by atoms with van der Waals surface area (Å²) in [5, 5.41) is 2.65. The lowest BCUT2D eigenvalue weighted by Crippen LogP contribution is -2.67. The first-order chi connectivity index (χ1) is 7.39. The zero-order chi connectivity index (χ0) is 11.9. The Morgan fingerprint density at radius 3 is 2.56 bits per heavy atom. The second-order valence-corrected chi connectivity index (χ2v) is 5.44. The molecule has 0 bridgehead atoms. The van der Waals surface area contributed by atoms with Crippen LogP contribution in [0.1, 0.15) is 20.8 Å². The number of fused-ring (bicyclic) bond motifs is 1. The summed E-state index contributed by atoms with van der Waals surface area (Å²) in [5.74, 6) is 0.0201. The van der Waals surface area contributed by atoms with Crippen molar-refractivity contribution in [1.29, 1.82) is 0 Å². The van der Waals surface area contributed by atoms with E-state index in [9.17, 15) is 9.59 Å². The van der Waals surface area contributed by atoms with Crippen molar-refractivity contribution in [1.82, 2.24) is 15.1 Å². The summed E-state index contributed by atoms with van der Waals surface area (Å²) >= 11 is 0. The molecule has 2 amide bonds. The van der Waals surface area contributed by atoms with Crippen LogP contribution in [0, 0.1) is 0 Å². The van der Waals surface area contributed by atoms with Crippen LogP contribution in [0.3, 0.4) is 0 Å². The number of piperazine rings is 2. The van der Waals surface area contributed by atoms with Gasteiger partial charge in [-0.15, -0.1) is 0 Å². The summed E-state index contributed by atoms with van der Waals surface area (Å²) in [6.07, 6.45) is 0. The van der Waals surface area contributed by atoms with Crippen LogP contribution in [-0.2, 0) is 9.59 Å². The Balaban J connectivity index is 2.13. The topological polar surface area (TPSA) is 52.6 Å². The van der Waals surface area contributed by atoms with E-state index in [-0.39, 0.29) is 29.9 Å². The van der Waals surface area contributed by atoms with Crippen LogP contribution in [-0.4, -0.2) is 59.4 Å². The van der Waals surface area contributed by atoms with Crippen LogP contribution < -0.4 is 5.32 Å². The van der Waals surface area contributed by atoms with Crippen LogP contribution in [0.15, 0.2) is 0 Å². The molecule has 5 heteroatoms. The molecule has 1 unspecified atom stereocenters. The molecule has 0 aliphatic carbocycles. The molecule has 0 saturated carbocycles. The Labute approximate surface area is 95.8 Å². The van der Waals surface area contributed by atoms with Gasteiger partial charge in [-0.1, -0.05) is 0 Å². The van der Waals surface area contributed by atoms with Crippen molar-refractivity contribution in [2.24, 2.45) is 0 Å². The molecule has 16 heavy (non-hydrogen) atoms. The van der Waals surface area contributed by atoms with Crippen molar-refractivity contribution >= 4 is 11.8 Å². The normalized spacial score (nSPS) is 27.7. The van der Waals surface area contributed by atoms with Crippen LogP contribution in [0.25, 0.3) is 0 Å². The van der Waals surface area contributed by atoms with E-state index >= 15 is 0 Å². The Morgan fingerprint density at radius 2 is 1.94 bits per heavy atom. The molecule has 0 aromatic carbocycles. The third-order valence-electron chi connectivity index (χ3n) is 3.37. The smallest absolute Gasteiger partial charge is 0.244 e. The van der Waals surface area contributed by atoms with Crippen molar-refractivity contribution in [3.05, 3.63) is 0 Å². The quantitative estimate of drug-likeness (QED) is 0.600. The average Bonchev–Trinajstić information content (AvgIpc) is 2.22. The SMILES string of the molecule is CC(C)(C)N1CCN2C(=O)CNC(=O)C2C1. The number of amides is 2. The molecule has 2 fully saturated rings. The first kappa shape index (κ1) is 11.4. The van der Waals surface area contributed by atoms with Gasteiger partial charge in [0.25, 0.3) is 0 Å². The predicted octanol–water partition coefficient (Wildman–Crippen LogP) is -0.572. The third kappa shape index (κ3) is 1.91. The van der Waals surface area contributed by atoms with Crippen molar-refractivity contribution in [3.63, 3.8) is 0 Å². The summed E-state index contributed by atoms with van der Waals surface area (Å²) in [5.41, 5.74) is 0.0485. The van der Waals surface area contributed by atoms with Gasteiger partial charge in [-0.3, -0.25) is 14.5 Å². The van der Waals surface area contributed by atoms with Crippen LogP contribution in [0.5, 0.6) is 0 Å². The summed E-state index contributed by atoms with van der Waals surface area (Å²) in [6.45, 7) is 8.70. The minimum absolute atomic E-state index is 0.0199. The van der Waals surface area contributed by atoms with E-state index in [1.807, 2.05) is 0 Å².